The molecule has 0 spiro atoms. The summed E-state index contributed by atoms with van der Waals surface area (Å²) in [6.45, 7) is 4.03. The molecule has 0 unspecified atom stereocenters. The zero-order valence-electron chi connectivity index (χ0n) is 21.5. The topological polar surface area (TPSA) is 78.3 Å². The Morgan fingerprint density at radius 2 is 1.68 bits per heavy atom. The van der Waals surface area contributed by atoms with Crippen molar-refractivity contribution >= 4 is 17.2 Å². The van der Waals surface area contributed by atoms with E-state index in [1.54, 1.807) is 79.9 Å². The van der Waals surface area contributed by atoms with Crippen LogP contribution in [0.5, 0.6) is 11.8 Å². The van der Waals surface area contributed by atoms with Crippen LogP contribution in [0.1, 0.15) is 11.1 Å². The minimum atomic E-state index is -0.421. The Morgan fingerprint density at radius 3 is 2.40 bits per heavy atom. The number of halogens is 2. The van der Waals surface area contributed by atoms with E-state index in [1.165, 1.54) is 28.9 Å². The van der Waals surface area contributed by atoms with E-state index in [-0.39, 0.29) is 29.9 Å². The zero-order chi connectivity index (χ0) is 28.1. The number of anilines is 1. The number of nitrogens with zero attached hydrogens (tertiary/aromatic N) is 3. The summed E-state index contributed by atoms with van der Waals surface area (Å²) < 4.78 is 39.7. The third-order valence-electron chi connectivity index (χ3n) is 6.01. The molecular formula is C31H24F2N4O3. The van der Waals surface area contributed by atoms with Crippen LogP contribution in [0.3, 0.4) is 0 Å². The van der Waals surface area contributed by atoms with Gasteiger partial charge in [0.15, 0.2) is 5.82 Å². The van der Waals surface area contributed by atoms with Gasteiger partial charge in [0, 0.05) is 16.8 Å². The monoisotopic (exact) mass is 538 g/mol. The highest BCUT2D eigenvalue weighted by atomic mass is 19.1. The predicted molar refractivity (Wildman–Crippen MR) is 148 cm³/mol. The number of ether oxygens (including phenoxy) is 2. The normalized spacial score (nSPS) is 10.7. The SMILES string of the molecule is C=C(C(=O)Nc1ccc(-n2nc(OCc3ccc(F)cc3)nc2-c2cccc(F)c2)cc1)c1cccc(OC)c1. The van der Waals surface area contributed by atoms with E-state index in [0.29, 0.717) is 34.1 Å². The van der Waals surface area contributed by atoms with Gasteiger partial charge in [-0.1, -0.05) is 43.0 Å². The van der Waals surface area contributed by atoms with Crippen molar-refractivity contribution in [3.63, 3.8) is 0 Å². The molecule has 40 heavy (non-hydrogen) atoms. The quantitative estimate of drug-likeness (QED) is 0.218. The number of rotatable bonds is 9. The Labute approximate surface area is 229 Å². The third-order valence-corrected chi connectivity index (χ3v) is 6.01. The standard InChI is InChI=1S/C31H24F2N4O3/c1-20(22-5-4-8-28(18-22)39-2)30(38)34-26-13-15-27(16-14-26)37-29(23-6-3-7-25(33)17-23)35-31(36-37)40-19-21-9-11-24(32)12-10-21/h3-18H,1,19H2,2H3,(H,34,38). The lowest BCUT2D eigenvalue weighted by Gasteiger charge is -2.10. The molecule has 200 valence electrons. The second kappa shape index (κ2) is 11.6. The lowest BCUT2D eigenvalue weighted by atomic mass is 10.1. The van der Waals surface area contributed by atoms with Crippen molar-refractivity contribution in [2.75, 3.05) is 12.4 Å². The highest BCUT2D eigenvalue weighted by molar-refractivity contribution is 6.24. The van der Waals surface area contributed by atoms with Gasteiger partial charge in [-0.3, -0.25) is 4.79 Å². The van der Waals surface area contributed by atoms with E-state index in [4.69, 9.17) is 9.47 Å². The van der Waals surface area contributed by atoms with Crippen LogP contribution >= 0.6 is 0 Å². The molecule has 5 aromatic rings. The van der Waals surface area contributed by atoms with Gasteiger partial charge in [-0.2, -0.15) is 4.98 Å². The largest absolute Gasteiger partial charge is 0.497 e. The van der Waals surface area contributed by atoms with E-state index in [2.05, 4.69) is 22.0 Å². The summed E-state index contributed by atoms with van der Waals surface area (Å²) in [6, 6.07) is 25.9. The molecule has 7 nitrogen and oxygen atoms in total. The van der Waals surface area contributed by atoms with Gasteiger partial charge in [0.2, 0.25) is 0 Å². The minimum absolute atomic E-state index is 0.0653. The Balaban J connectivity index is 1.37. The molecular weight excluding hydrogens is 514 g/mol. The van der Waals surface area contributed by atoms with Gasteiger partial charge in [-0.05, 0) is 71.8 Å². The highest BCUT2D eigenvalue weighted by Crippen LogP contribution is 2.26. The summed E-state index contributed by atoms with van der Waals surface area (Å²) in [7, 11) is 1.55. The number of amides is 1. The van der Waals surface area contributed by atoms with Gasteiger partial charge in [0.05, 0.1) is 12.8 Å². The van der Waals surface area contributed by atoms with Crippen molar-refractivity contribution in [3.05, 3.63) is 126 Å². The molecule has 0 fully saturated rings. The van der Waals surface area contributed by atoms with Crippen LogP contribution in [0.2, 0.25) is 0 Å². The molecule has 0 aliphatic carbocycles. The lowest BCUT2D eigenvalue weighted by Crippen LogP contribution is -2.13. The first-order valence-corrected chi connectivity index (χ1v) is 12.2. The molecule has 1 N–H and O–H groups in total. The molecule has 0 aliphatic rings. The van der Waals surface area contributed by atoms with Gasteiger partial charge in [0.1, 0.15) is 24.0 Å². The van der Waals surface area contributed by atoms with Crippen molar-refractivity contribution in [3.8, 4) is 28.8 Å². The van der Waals surface area contributed by atoms with Crippen molar-refractivity contribution in [2.24, 2.45) is 0 Å². The minimum Gasteiger partial charge on any atom is -0.497 e. The Morgan fingerprint density at radius 1 is 0.925 bits per heavy atom. The van der Waals surface area contributed by atoms with Gasteiger partial charge in [-0.15, -0.1) is 5.10 Å². The van der Waals surface area contributed by atoms with Gasteiger partial charge >= 0.3 is 6.01 Å². The van der Waals surface area contributed by atoms with Crippen LogP contribution < -0.4 is 14.8 Å². The smallest absolute Gasteiger partial charge is 0.336 e. The summed E-state index contributed by atoms with van der Waals surface area (Å²) >= 11 is 0. The van der Waals surface area contributed by atoms with Crippen molar-refractivity contribution < 1.29 is 23.0 Å². The molecule has 0 bridgehead atoms. The summed E-state index contributed by atoms with van der Waals surface area (Å²) in [5.74, 6) is -0.145. The van der Waals surface area contributed by atoms with Crippen LogP contribution in [0.15, 0.2) is 104 Å². The molecule has 1 aromatic heterocycles. The molecule has 5 rings (SSSR count). The molecule has 4 aromatic carbocycles. The number of carbonyl (C=O) groups excluding carboxylic acids is 1. The molecule has 0 saturated carbocycles. The predicted octanol–water partition coefficient (Wildman–Crippen LogP) is 6.45. The van der Waals surface area contributed by atoms with Crippen LogP contribution in [0, 0.1) is 11.6 Å². The highest BCUT2D eigenvalue weighted by Gasteiger charge is 2.16. The second-order valence-electron chi connectivity index (χ2n) is 8.77. The Hall–Kier alpha value is -5.31. The first-order valence-electron chi connectivity index (χ1n) is 12.2. The molecule has 0 radical (unpaired) electrons. The van der Waals surface area contributed by atoms with Crippen molar-refractivity contribution in [2.45, 2.75) is 6.61 Å². The summed E-state index contributed by atoms with van der Waals surface area (Å²) in [6.07, 6.45) is 0. The number of methoxy groups -OCH3 is 1. The Kier molecular flexibility index (Phi) is 7.63. The van der Waals surface area contributed by atoms with Crippen LogP contribution in [-0.4, -0.2) is 27.8 Å². The number of benzene rings is 4. The lowest BCUT2D eigenvalue weighted by molar-refractivity contribution is -0.111. The van der Waals surface area contributed by atoms with Crippen LogP contribution in [0.4, 0.5) is 14.5 Å². The molecule has 1 heterocycles. The van der Waals surface area contributed by atoms with Crippen LogP contribution in [0.25, 0.3) is 22.6 Å². The summed E-state index contributed by atoms with van der Waals surface area (Å²) in [5.41, 5.74) is 3.31. The zero-order valence-corrected chi connectivity index (χ0v) is 21.5. The average Bonchev–Trinajstić information content (AvgIpc) is 3.41. The fourth-order valence-electron chi connectivity index (χ4n) is 3.91. The number of carbonyl (C=O) groups is 1. The maximum Gasteiger partial charge on any atom is 0.336 e. The first kappa shape index (κ1) is 26.3. The van der Waals surface area contributed by atoms with Crippen molar-refractivity contribution in [1.29, 1.82) is 0 Å². The number of hydrogen-bond acceptors (Lipinski definition) is 5. The average molecular weight is 539 g/mol. The maximum absolute atomic E-state index is 14.0. The molecule has 9 heteroatoms. The molecule has 0 saturated heterocycles. The summed E-state index contributed by atoms with van der Waals surface area (Å²) in [4.78, 5) is 17.3. The van der Waals surface area contributed by atoms with E-state index in [9.17, 15) is 13.6 Å². The van der Waals surface area contributed by atoms with E-state index in [1.807, 2.05) is 0 Å². The fraction of sp³-hybridized carbons (Fsp3) is 0.0645. The molecule has 1 amide bonds. The van der Waals surface area contributed by atoms with E-state index in [0.717, 1.165) is 5.56 Å². The first-order chi connectivity index (χ1) is 19.4. The third kappa shape index (κ3) is 6.05. The van der Waals surface area contributed by atoms with Gasteiger partial charge in [0.25, 0.3) is 5.91 Å². The molecule has 0 aliphatic heterocycles. The van der Waals surface area contributed by atoms with Crippen LogP contribution in [-0.2, 0) is 11.4 Å². The van der Waals surface area contributed by atoms with E-state index >= 15 is 0 Å². The number of nitrogens with one attached hydrogen (secondary N) is 1. The maximum atomic E-state index is 14.0. The molecule has 0 atom stereocenters. The van der Waals surface area contributed by atoms with Gasteiger partial charge < -0.3 is 14.8 Å². The fourth-order valence-corrected chi connectivity index (χ4v) is 3.91. The Bertz CT molecular complexity index is 1670. The number of hydrogen-bond donors (Lipinski definition) is 1. The van der Waals surface area contributed by atoms with Gasteiger partial charge in [-0.25, -0.2) is 13.5 Å². The second-order valence-corrected chi connectivity index (χ2v) is 8.77. The number of aromatic nitrogens is 3. The van der Waals surface area contributed by atoms with E-state index < -0.39 is 5.82 Å². The summed E-state index contributed by atoms with van der Waals surface area (Å²) in [5, 5.41) is 7.30. The van der Waals surface area contributed by atoms with Crippen molar-refractivity contribution in [1.82, 2.24) is 14.8 Å².